The van der Waals surface area contributed by atoms with Crippen LogP contribution >= 0.6 is 0 Å². The third kappa shape index (κ3) is 10.8. The van der Waals surface area contributed by atoms with Gasteiger partial charge in [-0.15, -0.1) is 0 Å². The van der Waals surface area contributed by atoms with Gasteiger partial charge in [-0.3, -0.25) is 19.2 Å². The second-order valence-electron chi connectivity index (χ2n) is 10.6. The molecule has 0 saturated heterocycles. The number of H-pyrrole nitrogens is 1. The van der Waals surface area contributed by atoms with E-state index in [1.54, 1.807) is 6.20 Å². The maximum atomic E-state index is 13.4. The Morgan fingerprint density at radius 3 is 2.17 bits per heavy atom. The monoisotopic (exact) mass is 573 g/mol. The van der Waals surface area contributed by atoms with Crippen molar-refractivity contribution in [1.29, 1.82) is 0 Å². The summed E-state index contributed by atoms with van der Waals surface area (Å²) < 4.78 is 0. The Bertz CT molecular complexity index is 1200. The highest BCUT2D eigenvalue weighted by molar-refractivity contribution is 5.94. The van der Waals surface area contributed by atoms with E-state index >= 15 is 0 Å². The zero-order valence-corrected chi connectivity index (χ0v) is 23.7. The summed E-state index contributed by atoms with van der Waals surface area (Å²) in [6, 6.07) is 3.28. The SMILES string of the molecule is CC(C)CC(NC(=O)C(CCCCN)NC(=O)C(N)Cc1c[nH]c2ccccc12)C(=O)NC(CCC(N)=O)C(=O)O. The number of hydrogen-bond acceptors (Lipinski definition) is 7. The van der Waals surface area contributed by atoms with E-state index in [2.05, 4.69) is 20.9 Å². The van der Waals surface area contributed by atoms with Crippen molar-refractivity contribution < 1.29 is 29.1 Å². The minimum Gasteiger partial charge on any atom is -0.480 e. The van der Waals surface area contributed by atoms with Crippen LogP contribution in [0.2, 0.25) is 0 Å². The molecule has 13 heteroatoms. The van der Waals surface area contributed by atoms with Crippen LogP contribution in [-0.2, 0) is 30.4 Å². The number of unbranched alkanes of at least 4 members (excludes halogenated alkanes) is 1. The van der Waals surface area contributed by atoms with Gasteiger partial charge in [0.1, 0.15) is 18.1 Å². The molecule has 4 atom stereocenters. The second kappa shape index (κ2) is 16.3. The topological polar surface area (TPSA) is 236 Å². The van der Waals surface area contributed by atoms with Crippen LogP contribution in [0, 0.1) is 5.92 Å². The number of carboxylic acids is 1. The Kier molecular flexibility index (Phi) is 13.2. The van der Waals surface area contributed by atoms with Gasteiger partial charge in [0.05, 0.1) is 6.04 Å². The van der Waals surface area contributed by atoms with Crippen molar-refractivity contribution in [1.82, 2.24) is 20.9 Å². The maximum absolute atomic E-state index is 13.4. The first kappa shape index (κ1) is 33.2. The van der Waals surface area contributed by atoms with E-state index in [1.807, 2.05) is 38.1 Å². The largest absolute Gasteiger partial charge is 0.480 e. The van der Waals surface area contributed by atoms with Crippen molar-refractivity contribution in [3.63, 3.8) is 0 Å². The standard InChI is InChI=1S/C28H43N7O6/c1-16(2)13-23(27(39)34-22(28(40)41)10-11-24(31)36)35-26(38)21(9-5-6-12-29)33-25(37)19(30)14-17-15-32-20-8-4-3-7-18(17)20/h3-4,7-8,15-16,19,21-23,32H,5-6,9-14,29-30H2,1-2H3,(H2,31,36)(H,33,37)(H,34,39)(H,35,38)(H,40,41). The van der Waals surface area contributed by atoms with E-state index in [4.69, 9.17) is 17.2 Å². The third-order valence-electron chi connectivity index (χ3n) is 6.67. The molecule has 0 fully saturated rings. The van der Waals surface area contributed by atoms with Gasteiger partial charge in [-0.25, -0.2) is 4.79 Å². The number of aliphatic carboxylic acids is 1. The van der Waals surface area contributed by atoms with E-state index in [0.29, 0.717) is 19.4 Å². The molecule has 1 aromatic heterocycles. The molecule has 0 bridgehead atoms. The van der Waals surface area contributed by atoms with E-state index in [1.165, 1.54) is 0 Å². The summed E-state index contributed by atoms with van der Waals surface area (Å²) in [5, 5.41) is 18.2. The van der Waals surface area contributed by atoms with Gasteiger partial charge in [0, 0.05) is 23.5 Å². The smallest absolute Gasteiger partial charge is 0.326 e. The second-order valence-corrected chi connectivity index (χ2v) is 10.6. The number of amides is 4. The molecule has 0 aliphatic rings. The molecule has 0 saturated carbocycles. The van der Waals surface area contributed by atoms with Gasteiger partial charge >= 0.3 is 5.97 Å². The van der Waals surface area contributed by atoms with Gasteiger partial charge in [0.2, 0.25) is 23.6 Å². The molecule has 0 spiro atoms. The Morgan fingerprint density at radius 2 is 1.54 bits per heavy atom. The van der Waals surface area contributed by atoms with Gasteiger partial charge in [0.25, 0.3) is 0 Å². The first-order valence-corrected chi connectivity index (χ1v) is 13.9. The molecule has 0 radical (unpaired) electrons. The number of nitrogens with two attached hydrogens (primary N) is 3. The van der Waals surface area contributed by atoms with Crippen molar-refractivity contribution >= 4 is 40.5 Å². The fraction of sp³-hybridized carbons (Fsp3) is 0.536. The number of nitrogens with one attached hydrogen (secondary N) is 4. The van der Waals surface area contributed by atoms with Crippen molar-refractivity contribution in [2.75, 3.05) is 6.54 Å². The highest BCUT2D eigenvalue weighted by atomic mass is 16.4. The molecular weight excluding hydrogens is 530 g/mol. The molecule has 1 aromatic carbocycles. The minimum atomic E-state index is -1.36. The van der Waals surface area contributed by atoms with Crippen molar-refractivity contribution in [3.05, 3.63) is 36.0 Å². The molecule has 1 heterocycles. The fourth-order valence-electron chi connectivity index (χ4n) is 4.46. The number of carbonyl (C=O) groups excluding carboxylic acids is 4. The predicted molar refractivity (Wildman–Crippen MR) is 154 cm³/mol. The molecule has 13 nitrogen and oxygen atoms in total. The van der Waals surface area contributed by atoms with Crippen LogP contribution < -0.4 is 33.2 Å². The number of fused-ring (bicyclic) bond motifs is 1. The number of aromatic nitrogens is 1. The minimum absolute atomic E-state index is 0.0326. The Labute approximate surface area is 239 Å². The molecule has 0 aliphatic heterocycles. The van der Waals surface area contributed by atoms with Crippen LogP contribution in [0.5, 0.6) is 0 Å². The van der Waals surface area contributed by atoms with Gasteiger partial charge in [-0.2, -0.15) is 0 Å². The van der Waals surface area contributed by atoms with E-state index in [0.717, 1.165) is 16.5 Å². The van der Waals surface area contributed by atoms with Gasteiger partial charge in [0.15, 0.2) is 0 Å². The molecule has 11 N–H and O–H groups in total. The first-order valence-electron chi connectivity index (χ1n) is 13.9. The fourth-order valence-corrected chi connectivity index (χ4v) is 4.46. The van der Waals surface area contributed by atoms with Crippen molar-refractivity contribution in [3.8, 4) is 0 Å². The molecule has 2 rings (SSSR count). The molecule has 4 unspecified atom stereocenters. The normalized spacial score (nSPS) is 14.2. The molecule has 4 amide bonds. The number of hydrogen-bond donors (Lipinski definition) is 8. The lowest BCUT2D eigenvalue weighted by atomic mass is 10.0. The lowest BCUT2D eigenvalue weighted by Crippen LogP contribution is -2.57. The van der Waals surface area contributed by atoms with Gasteiger partial charge in [-0.05, 0) is 62.6 Å². The third-order valence-corrected chi connectivity index (χ3v) is 6.67. The van der Waals surface area contributed by atoms with Crippen LogP contribution in [0.15, 0.2) is 30.5 Å². The highest BCUT2D eigenvalue weighted by Gasteiger charge is 2.31. The Morgan fingerprint density at radius 1 is 0.902 bits per heavy atom. The molecular formula is C28H43N7O6. The molecule has 41 heavy (non-hydrogen) atoms. The van der Waals surface area contributed by atoms with Crippen molar-refractivity contribution in [2.45, 2.75) is 83.0 Å². The van der Waals surface area contributed by atoms with Gasteiger partial charge < -0.3 is 43.2 Å². The van der Waals surface area contributed by atoms with Crippen molar-refractivity contribution in [2.24, 2.45) is 23.1 Å². The number of aromatic amines is 1. The number of benzene rings is 1. The van der Waals surface area contributed by atoms with E-state index in [9.17, 15) is 29.1 Å². The van der Waals surface area contributed by atoms with Crippen LogP contribution in [0.3, 0.4) is 0 Å². The Balaban J connectivity index is 2.13. The predicted octanol–water partition coefficient (Wildman–Crippen LogP) is 0.0173. The molecule has 226 valence electrons. The van der Waals surface area contributed by atoms with Crippen LogP contribution in [0.25, 0.3) is 10.9 Å². The number of carboxylic acid groups (broad SMARTS) is 1. The van der Waals surface area contributed by atoms with Gasteiger partial charge in [-0.1, -0.05) is 32.0 Å². The first-order chi connectivity index (χ1) is 19.4. The van der Waals surface area contributed by atoms with Crippen LogP contribution in [0.1, 0.15) is 57.9 Å². The average Bonchev–Trinajstić information content (AvgIpc) is 3.31. The zero-order valence-electron chi connectivity index (χ0n) is 23.7. The zero-order chi connectivity index (χ0) is 30.5. The summed E-state index contributed by atoms with van der Waals surface area (Å²) in [5.74, 6) is -3.89. The van der Waals surface area contributed by atoms with Crippen LogP contribution in [0.4, 0.5) is 0 Å². The summed E-state index contributed by atoms with van der Waals surface area (Å²) in [7, 11) is 0. The summed E-state index contributed by atoms with van der Waals surface area (Å²) in [6.45, 7) is 4.10. The molecule has 2 aromatic rings. The summed E-state index contributed by atoms with van der Waals surface area (Å²) >= 11 is 0. The number of carbonyl (C=O) groups is 5. The summed E-state index contributed by atoms with van der Waals surface area (Å²) in [5.41, 5.74) is 18.7. The lowest BCUT2D eigenvalue weighted by molar-refractivity contribution is -0.142. The summed E-state index contributed by atoms with van der Waals surface area (Å²) in [6.07, 6.45) is 3.26. The lowest BCUT2D eigenvalue weighted by Gasteiger charge is -2.26. The van der Waals surface area contributed by atoms with E-state index in [-0.39, 0.29) is 38.0 Å². The number of rotatable bonds is 18. The average molecular weight is 574 g/mol. The number of para-hydroxylation sites is 1. The molecule has 0 aliphatic carbocycles. The van der Waals surface area contributed by atoms with E-state index < -0.39 is 53.8 Å². The van der Waals surface area contributed by atoms with Crippen LogP contribution in [-0.4, -0.2) is 70.4 Å². The highest BCUT2D eigenvalue weighted by Crippen LogP contribution is 2.19. The number of primary amides is 1. The summed E-state index contributed by atoms with van der Waals surface area (Å²) in [4.78, 5) is 65.3. The Hall–Kier alpha value is -3.97. The maximum Gasteiger partial charge on any atom is 0.326 e. The quantitative estimate of drug-likeness (QED) is 0.113.